The van der Waals surface area contributed by atoms with Gasteiger partial charge in [-0.25, -0.2) is 0 Å². The van der Waals surface area contributed by atoms with Crippen LogP contribution in [0, 0.1) is 6.92 Å². The maximum absolute atomic E-state index is 9.97. The number of unbranched alkanes of at least 4 members (excludes halogenated alkanes) is 2. The van der Waals surface area contributed by atoms with Gasteiger partial charge in [0, 0.05) is 19.8 Å². The second kappa shape index (κ2) is 4.64. The van der Waals surface area contributed by atoms with Gasteiger partial charge in [0.25, 0.3) is 0 Å². The van der Waals surface area contributed by atoms with Gasteiger partial charge < -0.3 is 9.32 Å². The lowest BCUT2D eigenvalue weighted by Crippen LogP contribution is -1.88. The number of aryl methyl sites for hydroxylation is 2. The van der Waals surface area contributed by atoms with Crippen molar-refractivity contribution in [3.63, 3.8) is 0 Å². The first-order valence-electron chi connectivity index (χ1n) is 4.06. The quantitative estimate of drug-likeness (QED) is 0.491. The normalized spacial score (nSPS) is 10.1. The summed E-state index contributed by atoms with van der Waals surface area (Å²) in [6.07, 6.45) is 4.19. The van der Waals surface area contributed by atoms with Crippen LogP contribution in [-0.4, -0.2) is 16.4 Å². The smallest absolute Gasteiger partial charge is 0.223 e. The zero-order chi connectivity index (χ0) is 8.81. The Bertz CT molecular complexity index is 245. The largest absolute Gasteiger partial charge is 0.340 e. The predicted octanol–water partition coefficient (Wildman–Crippen LogP) is 1.29. The molecule has 0 aliphatic rings. The number of aromatic nitrogens is 2. The van der Waals surface area contributed by atoms with Gasteiger partial charge in [-0.1, -0.05) is 5.16 Å². The third-order valence-corrected chi connectivity index (χ3v) is 1.54. The van der Waals surface area contributed by atoms with Crippen LogP contribution in [0.25, 0.3) is 0 Å². The van der Waals surface area contributed by atoms with Crippen molar-refractivity contribution in [2.75, 3.05) is 0 Å². The van der Waals surface area contributed by atoms with Gasteiger partial charge in [-0.15, -0.1) is 0 Å². The zero-order valence-corrected chi connectivity index (χ0v) is 7.12. The highest BCUT2D eigenvalue weighted by Crippen LogP contribution is 2.02. The first-order valence-corrected chi connectivity index (χ1v) is 4.06. The molecule has 0 aliphatic heterocycles. The van der Waals surface area contributed by atoms with E-state index in [0.29, 0.717) is 12.3 Å². The predicted molar refractivity (Wildman–Crippen MR) is 42.7 cm³/mol. The van der Waals surface area contributed by atoms with Crippen LogP contribution in [0.3, 0.4) is 0 Å². The van der Waals surface area contributed by atoms with E-state index in [1.807, 2.05) is 0 Å². The number of hydrogen-bond acceptors (Lipinski definition) is 4. The van der Waals surface area contributed by atoms with E-state index in [-0.39, 0.29) is 0 Å². The van der Waals surface area contributed by atoms with Gasteiger partial charge in [-0.05, 0) is 12.8 Å². The summed E-state index contributed by atoms with van der Waals surface area (Å²) >= 11 is 0. The molecule has 0 aromatic carbocycles. The molecule has 0 fully saturated rings. The SMILES string of the molecule is Cc1nc(CCCCC=O)no1. The fourth-order valence-corrected chi connectivity index (χ4v) is 0.954. The molecule has 0 unspecified atom stereocenters. The molecule has 0 bridgehead atoms. The minimum atomic E-state index is 0.598. The van der Waals surface area contributed by atoms with E-state index < -0.39 is 0 Å². The summed E-state index contributed by atoms with van der Waals surface area (Å²) in [5.74, 6) is 1.33. The summed E-state index contributed by atoms with van der Waals surface area (Å²) < 4.78 is 4.79. The number of aldehydes is 1. The first kappa shape index (κ1) is 8.90. The monoisotopic (exact) mass is 168 g/mol. The molecule has 0 N–H and O–H groups in total. The fourth-order valence-electron chi connectivity index (χ4n) is 0.954. The van der Waals surface area contributed by atoms with Gasteiger partial charge >= 0.3 is 0 Å². The van der Waals surface area contributed by atoms with Crippen LogP contribution in [-0.2, 0) is 11.2 Å². The standard InChI is InChI=1S/C8H12N2O2/c1-7-9-8(10-12-7)5-3-2-4-6-11/h6H,2-5H2,1H3. The highest BCUT2D eigenvalue weighted by molar-refractivity contribution is 5.48. The topological polar surface area (TPSA) is 56.0 Å². The number of nitrogens with zero attached hydrogens (tertiary/aromatic N) is 2. The number of hydrogen-bond donors (Lipinski definition) is 0. The van der Waals surface area contributed by atoms with E-state index in [0.717, 1.165) is 31.4 Å². The zero-order valence-electron chi connectivity index (χ0n) is 7.12. The van der Waals surface area contributed by atoms with E-state index in [2.05, 4.69) is 10.1 Å². The number of carbonyl (C=O) groups excluding carboxylic acids is 1. The molecule has 66 valence electrons. The van der Waals surface area contributed by atoms with Crippen molar-refractivity contribution in [3.8, 4) is 0 Å². The van der Waals surface area contributed by atoms with Crippen LogP contribution in [0.4, 0.5) is 0 Å². The lowest BCUT2D eigenvalue weighted by molar-refractivity contribution is -0.107. The maximum atomic E-state index is 9.97. The minimum Gasteiger partial charge on any atom is -0.340 e. The van der Waals surface area contributed by atoms with E-state index in [9.17, 15) is 4.79 Å². The molecule has 1 aromatic heterocycles. The Labute approximate surface area is 71.0 Å². The Morgan fingerprint density at radius 2 is 2.33 bits per heavy atom. The van der Waals surface area contributed by atoms with Crippen molar-refractivity contribution in [1.82, 2.24) is 10.1 Å². The average molecular weight is 168 g/mol. The van der Waals surface area contributed by atoms with Crippen molar-refractivity contribution < 1.29 is 9.32 Å². The third kappa shape index (κ3) is 2.82. The summed E-state index contributed by atoms with van der Waals surface area (Å²) in [5.41, 5.74) is 0. The van der Waals surface area contributed by atoms with Crippen molar-refractivity contribution in [3.05, 3.63) is 11.7 Å². The number of carbonyl (C=O) groups is 1. The molecule has 0 aliphatic carbocycles. The minimum absolute atomic E-state index is 0.598. The lowest BCUT2D eigenvalue weighted by atomic mass is 10.2. The molecule has 0 spiro atoms. The summed E-state index contributed by atoms with van der Waals surface area (Å²) in [4.78, 5) is 14.0. The van der Waals surface area contributed by atoms with Crippen LogP contribution in [0.5, 0.6) is 0 Å². The average Bonchev–Trinajstić information content (AvgIpc) is 2.45. The van der Waals surface area contributed by atoms with Crippen molar-refractivity contribution in [2.24, 2.45) is 0 Å². The Kier molecular flexibility index (Phi) is 3.44. The Morgan fingerprint density at radius 1 is 1.50 bits per heavy atom. The second-order valence-electron chi connectivity index (χ2n) is 2.64. The van der Waals surface area contributed by atoms with E-state index >= 15 is 0 Å². The highest BCUT2D eigenvalue weighted by atomic mass is 16.5. The number of rotatable bonds is 5. The first-order chi connectivity index (χ1) is 5.83. The Balaban J connectivity index is 2.19. The summed E-state index contributed by atoms with van der Waals surface area (Å²) in [5, 5.41) is 3.74. The fraction of sp³-hybridized carbons (Fsp3) is 0.625. The summed E-state index contributed by atoms with van der Waals surface area (Å²) in [7, 11) is 0. The van der Waals surface area contributed by atoms with Crippen LogP contribution in [0.15, 0.2) is 4.52 Å². The molecule has 4 heteroatoms. The van der Waals surface area contributed by atoms with Gasteiger partial charge in [-0.3, -0.25) is 0 Å². The molecule has 12 heavy (non-hydrogen) atoms. The Hall–Kier alpha value is -1.19. The van der Waals surface area contributed by atoms with Crippen LogP contribution in [0.2, 0.25) is 0 Å². The van der Waals surface area contributed by atoms with Gasteiger partial charge in [0.15, 0.2) is 5.82 Å². The van der Waals surface area contributed by atoms with Crippen LogP contribution >= 0.6 is 0 Å². The van der Waals surface area contributed by atoms with E-state index in [4.69, 9.17) is 4.52 Å². The van der Waals surface area contributed by atoms with Gasteiger partial charge in [0.1, 0.15) is 6.29 Å². The molecule has 0 saturated heterocycles. The van der Waals surface area contributed by atoms with Gasteiger partial charge in [-0.2, -0.15) is 4.98 Å². The van der Waals surface area contributed by atoms with E-state index in [1.165, 1.54) is 0 Å². The maximum Gasteiger partial charge on any atom is 0.223 e. The van der Waals surface area contributed by atoms with Crippen molar-refractivity contribution >= 4 is 6.29 Å². The molecule has 0 amide bonds. The van der Waals surface area contributed by atoms with Crippen LogP contribution < -0.4 is 0 Å². The molecule has 0 atom stereocenters. The molecule has 1 aromatic rings. The van der Waals surface area contributed by atoms with Crippen molar-refractivity contribution in [1.29, 1.82) is 0 Å². The highest BCUT2D eigenvalue weighted by Gasteiger charge is 2.00. The van der Waals surface area contributed by atoms with Crippen molar-refractivity contribution in [2.45, 2.75) is 32.6 Å². The van der Waals surface area contributed by atoms with E-state index in [1.54, 1.807) is 6.92 Å². The molecule has 0 radical (unpaired) electrons. The molecule has 4 nitrogen and oxygen atoms in total. The van der Waals surface area contributed by atoms with Gasteiger partial charge in [0.05, 0.1) is 0 Å². The van der Waals surface area contributed by atoms with Gasteiger partial charge in [0.2, 0.25) is 5.89 Å². The second-order valence-corrected chi connectivity index (χ2v) is 2.64. The third-order valence-electron chi connectivity index (χ3n) is 1.54. The van der Waals surface area contributed by atoms with Crippen LogP contribution in [0.1, 0.15) is 31.0 Å². The lowest BCUT2D eigenvalue weighted by Gasteiger charge is -1.90. The molecule has 0 saturated carbocycles. The summed E-state index contributed by atoms with van der Waals surface area (Å²) in [6, 6.07) is 0. The molecule has 1 rings (SSSR count). The Morgan fingerprint density at radius 3 is 2.92 bits per heavy atom. The molecular weight excluding hydrogens is 156 g/mol. The summed E-state index contributed by atoms with van der Waals surface area (Å²) in [6.45, 7) is 1.77. The molecule has 1 heterocycles. The molecular formula is C8H12N2O2.